The molecule has 0 radical (unpaired) electrons. The third kappa shape index (κ3) is 3.44. The lowest BCUT2D eigenvalue weighted by molar-refractivity contribution is -0.137. The number of nitrogens with two attached hydrogens (primary N) is 1. The van der Waals surface area contributed by atoms with Crippen molar-refractivity contribution in [3.05, 3.63) is 53.6 Å². The number of carbonyl (C=O) groups is 1. The van der Waals surface area contributed by atoms with E-state index in [1.165, 1.54) is 24.3 Å². The number of anilines is 1. The van der Waals surface area contributed by atoms with Crippen molar-refractivity contribution in [2.24, 2.45) is 0 Å². The number of aromatic carboxylic acids is 1. The molecule has 0 bridgehead atoms. The molecule has 0 heterocycles. The van der Waals surface area contributed by atoms with Crippen molar-refractivity contribution in [2.75, 3.05) is 5.73 Å². The first-order valence-electron chi connectivity index (χ1n) is 5.75. The zero-order valence-corrected chi connectivity index (χ0v) is 10.5. The van der Waals surface area contributed by atoms with Crippen molar-refractivity contribution in [3.63, 3.8) is 0 Å². The molecule has 0 aliphatic heterocycles. The molecule has 2 aromatic carbocycles. The van der Waals surface area contributed by atoms with E-state index in [0.717, 1.165) is 18.2 Å². The summed E-state index contributed by atoms with van der Waals surface area (Å²) in [5.41, 5.74) is 4.80. The summed E-state index contributed by atoms with van der Waals surface area (Å²) in [5, 5.41) is 8.87. The zero-order chi connectivity index (χ0) is 15.6. The molecule has 21 heavy (non-hydrogen) atoms. The summed E-state index contributed by atoms with van der Waals surface area (Å²) in [7, 11) is 0. The summed E-state index contributed by atoms with van der Waals surface area (Å²) in [6.45, 7) is 0. The normalized spacial score (nSPS) is 11.2. The number of hydrogen-bond donors (Lipinski definition) is 2. The van der Waals surface area contributed by atoms with Crippen LogP contribution in [0.2, 0.25) is 0 Å². The van der Waals surface area contributed by atoms with E-state index in [2.05, 4.69) is 0 Å². The first-order valence-corrected chi connectivity index (χ1v) is 5.75. The van der Waals surface area contributed by atoms with E-state index in [1.807, 2.05) is 0 Å². The minimum Gasteiger partial charge on any atom is -0.478 e. The van der Waals surface area contributed by atoms with Gasteiger partial charge in [-0.2, -0.15) is 13.2 Å². The lowest BCUT2D eigenvalue weighted by Crippen LogP contribution is -2.04. The Morgan fingerprint density at radius 1 is 1.14 bits per heavy atom. The Hall–Kier alpha value is -2.70. The van der Waals surface area contributed by atoms with Gasteiger partial charge in [-0.3, -0.25) is 0 Å². The smallest absolute Gasteiger partial charge is 0.416 e. The van der Waals surface area contributed by atoms with Crippen molar-refractivity contribution in [1.82, 2.24) is 0 Å². The van der Waals surface area contributed by atoms with Crippen molar-refractivity contribution < 1.29 is 27.8 Å². The lowest BCUT2D eigenvalue weighted by Gasteiger charge is -2.11. The van der Waals surface area contributed by atoms with Gasteiger partial charge in [0, 0.05) is 0 Å². The van der Waals surface area contributed by atoms with Crippen LogP contribution in [-0.2, 0) is 6.18 Å². The number of nitrogen functional groups attached to an aromatic ring is 1. The maximum Gasteiger partial charge on any atom is 0.416 e. The molecule has 110 valence electrons. The average Bonchev–Trinajstić information content (AvgIpc) is 2.40. The topological polar surface area (TPSA) is 72.6 Å². The van der Waals surface area contributed by atoms with Gasteiger partial charge in [-0.15, -0.1) is 0 Å². The molecule has 0 amide bonds. The van der Waals surface area contributed by atoms with E-state index in [0.29, 0.717) is 0 Å². The van der Waals surface area contributed by atoms with E-state index < -0.39 is 17.7 Å². The van der Waals surface area contributed by atoms with Crippen LogP contribution in [0.1, 0.15) is 15.9 Å². The fourth-order valence-electron chi connectivity index (χ4n) is 1.62. The summed E-state index contributed by atoms with van der Waals surface area (Å²) >= 11 is 0. The zero-order valence-electron chi connectivity index (χ0n) is 10.5. The molecule has 0 aliphatic carbocycles. The van der Waals surface area contributed by atoms with Crippen LogP contribution in [0.3, 0.4) is 0 Å². The molecule has 0 saturated carbocycles. The van der Waals surface area contributed by atoms with Crippen LogP contribution in [-0.4, -0.2) is 11.1 Å². The summed E-state index contributed by atoms with van der Waals surface area (Å²) in [6, 6.07) is 7.97. The molecular formula is C14H10F3NO3. The molecule has 0 saturated heterocycles. The first-order chi connectivity index (χ1) is 9.77. The van der Waals surface area contributed by atoms with Gasteiger partial charge in [-0.1, -0.05) is 6.07 Å². The predicted octanol–water partition coefficient (Wildman–Crippen LogP) is 3.78. The molecule has 0 aromatic heterocycles. The number of hydrogen-bond acceptors (Lipinski definition) is 3. The summed E-state index contributed by atoms with van der Waals surface area (Å²) in [4.78, 5) is 10.9. The SMILES string of the molecule is Nc1ccc(C(=O)O)cc1Oc1cccc(C(F)(F)F)c1. The minimum absolute atomic E-state index is 0.0192. The Bertz CT molecular complexity index is 683. The van der Waals surface area contributed by atoms with Gasteiger partial charge in [0.15, 0.2) is 5.75 Å². The van der Waals surface area contributed by atoms with Crippen molar-refractivity contribution in [1.29, 1.82) is 0 Å². The maximum absolute atomic E-state index is 12.6. The Morgan fingerprint density at radius 2 is 1.86 bits per heavy atom. The van der Waals surface area contributed by atoms with Crippen molar-refractivity contribution >= 4 is 11.7 Å². The largest absolute Gasteiger partial charge is 0.478 e. The summed E-state index contributed by atoms with van der Waals surface area (Å²) in [5.74, 6) is -1.29. The van der Waals surface area contributed by atoms with E-state index in [-0.39, 0.29) is 22.7 Å². The lowest BCUT2D eigenvalue weighted by atomic mass is 10.2. The monoisotopic (exact) mass is 297 g/mol. The van der Waals surface area contributed by atoms with Crippen LogP contribution in [0.5, 0.6) is 11.5 Å². The Kier molecular flexibility index (Phi) is 3.75. The molecule has 0 unspecified atom stereocenters. The molecule has 2 aromatic rings. The molecule has 0 atom stereocenters. The van der Waals surface area contributed by atoms with Gasteiger partial charge in [-0.25, -0.2) is 4.79 Å². The van der Waals surface area contributed by atoms with Crippen LogP contribution >= 0.6 is 0 Å². The molecular weight excluding hydrogens is 287 g/mol. The van der Waals surface area contributed by atoms with Crippen molar-refractivity contribution in [3.8, 4) is 11.5 Å². The standard InChI is InChI=1S/C14H10F3NO3/c15-14(16,17)9-2-1-3-10(7-9)21-12-6-8(13(19)20)4-5-11(12)18/h1-7H,18H2,(H,19,20). The van der Waals surface area contributed by atoms with Gasteiger partial charge in [0.05, 0.1) is 16.8 Å². The molecule has 7 heteroatoms. The van der Waals surface area contributed by atoms with Gasteiger partial charge in [0.2, 0.25) is 0 Å². The van der Waals surface area contributed by atoms with E-state index >= 15 is 0 Å². The van der Waals surface area contributed by atoms with Gasteiger partial charge in [0.1, 0.15) is 5.75 Å². The second-order valence-electron chi connectivity index (χ2n) is 4.19. The molecule has 3 N–H and O–H groups in total. The highest BCUT2D eigenvalue weighted by atomic mass is 19.4. The first kappa shape index (κ1) is 14.7. The maximum atomic E-state index is 12.6. The number of halogens is 3. The third-order valence-electron chi connectivity index (χ3n) is 2.65. The highest BCUT2D eigenvalue weighted by Crippen LogP contribution is 2.34. The Balaban J connectivity index is 2.34. The molecule has 0 aliphatic rings. The van der Waals surface area contributed by atoms with Crippen LogP contribution in [0.4, 0.5) is 18.9 Å². The van der Waals surface area contributed by atoms with E-state index in [4.69, 9.17) is 15.6 Å². The second-order valence-corrected chi connectivity index (χ2v) is 4.19. The van der Waals surface area contributed by atoms with Gasteiger partial charge in [0.25, 0.3) is 0 Å². The van der Waals surface area contributed by atoms with Crippen LogP contribution < -0.4 is 10.5 Å². The molecule has 0 spiro atoms. The quantitative estimate of drug-likeness (QED) is 0.846. The Labute approximate surface area is 117 Å². The second kappa shape index (κ2) is 5.35. The number of carboxylic acid groups (broad SMARTS) is 1. The van der Waals surface area contributed by atoms with Crippen LogP contribution in [0, 0.1) is 0 Å². The minimum atomic E-state index is -4.49. The van der Waals surface area contributed by atoms with E-state index in [1.54, 1.807) is 0 Å². The predicted molar refractivity (Wildman–Crippen MR) is 69.3 cm³/mol. The number of carboxylic acids is 1. The van der Waals surface area contributed by atoms with E-state index in [9.17, 15) is 18.0 Å². The number of ether oxygens (including phenoxy) is 1. The van der Waals surface area contributed by atoms with Crippen molar-refractivity contribution in [2.45, 2.75) is 6.18 Å². The highest BCUT2D eigenvalue weighted by molar-refractivity contribution is 5.89. The third-order valence-corrected chi connectivity index (χ3v) is 2.65. The average molecular weight is 297 g/mol. The molecule has 0 fully saturated rings. The van der Waals surface area contributed by atoms with Gasteiger partial charge in [-0.05, 0) is 36.4 Å². The number of rotatable bonds is 3. The van der Waals surface area contributed by atoms with Crippen LogP contribution in [0.15, 0.2) is 42.5 Å². The number of alkyl halides is 3. The Morgan fingerprint density at radius 3 is 2.48 bits per heavy atom. The van der Waals surface area contributed by atoms with Crippen LogP contribution in [0.25, 0.3) is 0 Å². The fourth-order valence-corrected chi connectivity index (χ4v) is 1.62. The highest BCUT2D eigenvalue weighted by Gasteiger charge is 2.30. The summed E-state index contributed by atoms with van der Waals surface area (Å²) < 4.78 is 43.0. The molecule has 4 nitrogen and oxygen atoms in total. The van der Waals surface area contributed by atoms with Gasteiger partial charge < -0.3 is 15.6 Å². The summed E-state index contributed by atoms with van der Waals surface area (Å²) in [6.07, 6.45) is -4.49. The fraction of sp³-hybridized carbons (Fsp3) is 0.0714. The van der Waals surface area contributed by atoms with Gasteiger partial charge >= 0.3 is 12.1 Å². The molecule has 2 rings (SSSR count). The number of benzene rings is 2.